The number of aromatic nitrogens is 2. The average molecular weight is 327 g/mol. The second-order valence-electron chi connectivity index (χ2n) is 7.45. The number of hydrogen-bond acceptors (Lipinski definition) is 3. The predicted octanol–water partition coefficient (Wildman–Crippen LogP) is 3.69. The van der Waals surface area contributed by atoms with E-state index in [0.29, 0.717) is 13.1 Å². The monoisotopic (exact) mass is 327 g/mol. The molecule has 2 aromatic rings. The van der Waals surface area contributed by atoms with E-state index in [4.69, 9.17) is 4.74 Å². The first-order valence-corrected chi connectivity index (χ1v) is 8.32. The van der Waals surface area contributed by atoms with Crippen LogP contribution in [0.25, 0.3) is 11.4 Å². The van der Waals surface area contributed by atoms with E-state index in [-0.39, 0.29) is 6.09 Å². The number of nitrogens with zero attached hydrogens (tertiary/aromatic N) is 3. The van der Waals surface area contributed by atoms with Crippen LogP contribution in [0.4, 0.5) is 4.79 Å². The van der Waals surface area contributed by atoms with Crippen LogP contribution >= 0.6 is 0 Å². The van der Waals surface area contributed by atoms with Crippen LogP contribution < -0.4 is 0 Å². The summed E-state index contributed by atoms with van der Waals surface area (Å²) >= 11 is 0. The fourth-order valence-corrected chi connectivity index (χ4v) is 3.08. The molecule has 0 fully saturated rings. The number of benzene rings is 1. The van der Waals surface area contributed by atoms with Gasteiger partial charge < -0.3 is 14.2 Å². The van der Waals surface area contributed by atoms with Crippen LogP contribution in [0.2, 0.25) is 0 Å². The van der Waals surface area contributed by atoms with Crippen LogP contribution in [-0.4, -0.2) is 32.7 Å². The van der Waals surface area contributed by atoms with Crippen molar-refractivity contribution in [3.8, 4) is 11.4 Å². The molecule has 0 saturated heterocycles. The Balaban J connectivity index is 1.85. The number of aryl methyl sites for hydroxylation is 2. The van der Waals surface area contributed by atoms with E-state index in [2.05, 4.69) is 24.0 Å². The third kappa shape index (κ3) is 3.30. The highest BCUT2D eigenvalue weighted by Gasteiger charge is 2.26. The fourth-order valence-electron chi connectivity index (χ4n) is 3.08. The van der Waals surface area contributed by atoms with Crippen molar-refractivity contribution >= 4 is 6.09 Å². The Kier molecular flexibility index (Phi) is 4.11. The van der Waals surface area contributed by atoms with Crippen LogP contribution in [0, 0.1) is 6.92 Å². The molecule has 0 bridgehead atoms. The van der Waals surface area contributed by atoms with Crippen molar-refractivity contribution < 1.29 is 9.53 Å². The molecule has 128 valence electrons. The minimum absolute atomic E-state index is 0.237. The highest BCUT2D eigenvalue weighted by atomic mass is 16.6. The molecule has 1 aliphatic heterocycles. The summed E-state index contributed by atoms with van der Waals surface area (Å²) in [4.78, 5) is 18.5. The molecule has 0 spiro atoms. The van der Waals surface area contributed by atoms with Crippen molar-refractivity contribution in [2.45, 2.75) is 46.3 Å². The third-order valence-corrected chi connectivity index (χ3v) is 4.27. The molecule has 5 nitrogen and oxygen atoms in total. The lowest BCUT2D eigenvalue weighted by atomic mass is 9.94. The molecule has 0 saturated carbocycles. The molecule has 0 aliphatic carbocycles. The number of carbonyl (C=O) groups excluding carboxylic acids is 1. The standard InChI is InChI=1S/C19H25N3O2/c1-13-10-15-12-22(18(23)24-19(2,3)4)8-6-14(15)11-16(13)17-20-7-9-21(17)5/h7,9-11H,6,8,12H2,1-5H3. The van der Waals surface area contributed by atoms with E-state index in [1.807, 2.05) is 44.8 Å². The van der Waals surface area contributed by atoms with Crippen LogP contribution in [0.5, 0.6) is 0 Å². The number of rotatable bonds is 1. The summed E-state index contributed by atoms with van der Waals surface area (Å²) < 4.78 is 7.53. The third-order valence-electron chi connectivity index (χ3n) is 4.27. The van der Waals surface area contributed by atoms with Gasteiger partial charge in [-0.15, -0.1) is 0 Å². The van der Waals surface area contributed by atoms with Crippen molar-refractivity contribution in [3.63, 3.8) is 0 Å². The molecule has 0 unspecified atom stereocenters. The molecule has 2 heterocycles. The Bertz CT molecular complexity index is 771. The number of fused-ring (bicyclic) bond motifs is 1. The van der Waals surface area contributed by atoms with Crippen LogP contribution in [0.3, 0.4) is 0 Å². The summed E-state index contributed by atoms with van der Waals surface area (Å²) in [5.41, 5.74) is 4.36. The van der Waals surface area contributed by atoms with Crippen LogP contribution in [-0.2, 0) is 24.8 Å². The molecule has 1 amide bonds. The molecule has 24 heavy (non-hydrogen) atoms. The van der Waals surface area contributed by atoms with Gasteiger partial charge in [-0.1, -0.05) is 6.07 Å². The Morgan fingerprint density at radius 2 is 2.00 bits per heavy atom. The molecule has 1 aromatic carbocycles. The summed E-state index contributed by atoms with van der Waals surface area (Å²) in [5.74, 6) is 0.977. The Labute approximate surface area is 143 Å². The van der Waals surface area contributed by atoms with Gasteiger partial charge in [0, 0.05) is 38.1 Å². The summed E-state index contributed by atoms with van der Waals surface area (Å²) in [6, 6.07) is 4.40. The van der Waals surface area contributed by atoms with Gasteiger partial charge in [-0.2, -0.15) is 0 Å². The maximum atomic E-state index is 12.3. The van der Waals surface area contributed by atoms with Gasteiger partial charge in [-0.05, 0) is 56.9 Å². The van der Waals surface area contributed by atoms with E-state index < -0.39 is 5.60 Å². The van der Waals surface area contributed by atoms with E-state index in [1.54, 1.807) is 4.90 Å². The van der Waals surface area contributed by atoms with E-state index in [0.717, 1.165) is 17.8 Å². The van der Waals surface area contributed by atoms with Gasteiger partial charge in [0.05, 0.1) is 0 Å². The maximum Gasteiger partial charge on any atom is 0.410 e. The topological polar surface area (TPSA) is 47.4 Å². The van der Waals surface area contributed by atoms with Gasteiger partial charge in [-0.3, -0.25) is 0 Å². The fraction of sp³-hybridized carbons (Fsp3) is 0.474. The molecular weight excluding hydrogens is 302 g/mol. The molecule has 5 heteroatoms. The van der Waals surface area contributed by atoms with Crippen LogP contribution in [0.15, 0.2) is 24.5 Å². The zero-order valence-electron chi connectivity index (χ0n) is 15.1. The largest absolute Gasteiger partial charge is 0.444 e. The lowest BCUT2D eigenvalue weighted by molar-refractivity contribution is 0.0224. The lowest BCUT2D eigenvalue weighted by Gasteiger charge is -2.31. The van der Waals surface area contributed by atoms with Gasteiger partial charge in [0.15, 0.2) is 0 Å². The summed E-state index contributed by atoms with van der Waals surface area (Å²) in [6.07, 6.45) is 4.38. The highest BCUT2D eigenvalue weighted by Crippen LogP contribution is 2.29. The van der Waals surface area contributed by atoms with E-state index in [9.17, 15) is 4.79 Å². The first-order valence-electron chi connectivity index (χ1n) is 8.32. The molecule has 0 radical (unpaired) electrons. The van der Waals surface area contributed by atoms with Crippen molar-refractivity contribution in [2.24, 2.45) is 7.05 Å². The second kappa shape index (κ2) is 5.96. The first kappa shape index (κ1) is 16.6. The van der Waals surface area contributed by atoms with Gasteiger partial charge in [0.2, 0.25) is 0 Å². The molecule has 1 aliphatic rings. The summed E-state index contributed by atoms with van der Waals surface area (Å²) in [7, 11) is 2.01. The molecule has 0 atom stereocenters. The Morgan fingerprint density at radius 3 is 2.62 bits per heavy atom. The first-order chi connectivity index (χ1) is 11.2. The molecule has 1 aromatic heterocycles. The minimum atomic E-state index is -0.463. The van der Waals surface area contributed by atoms with Gasteiger partial charge in [0.1, 0.15) is 11.4 Å². The highest BCUT2D eigenvalue weighted by molar-refractivity contribution is 5.69. The minimum Gasteiger partial charge on any atom is -0.444 e. The summed E-state index contributed by atoms with van der Waals surface area (Å²) in [6.45, 7) is 9.07. The smallest absolute Gasteiger partial charge is 0.410 e. The quantitative estimate of drug-likeness (QED) is 0.802. The number of carbonyl (C=O) groups is 1. The normalized spacial score (nSPS) is 14.5. The zero-order valence-corrected chi connectivity index (χ0v) is 15.1. The molecule has 0 N–H and O–H groups in total. The van der Waals surface area contributed by atoms with Crippen molar-refractivity contribution in [3.05, 3.63) is 41.2 Å². The number of imidazole rings is 1. The zero-order chi connectivity index (χ0) is 17.5. The van der Waals surface area contributed by atoms with Crippen LogP contribution in [0.1, 0.15) is 37.5 Å². The summed E-state index contributed by atoms with van der Waals surface area (Å²) in [5, 5.41) is 0. The van der Waals surface area contributed by atoms with E-state index in [1.165, 1.54) is 16.7 Å². The average Bonchev–Trinajstić information content (AvgIpc) is 2.90. The number of amides is 1. The number of hydrogen-bond donors (Lipinski definition) is 0. The van der Waals surface area contributed by atoms with Gasteiger partial charge >= 0.3 is 6.09 Å². The Morgan fingerprint density at radius 1 is 1.25 bits per heavy atom. The van der Waals surface area contributed by atoms with Gasteiger partial charge in [-0.25, -0.2) is 9.78 Å². The SMILES string of the molecule is Cc1cc2c(cc1-c1nccn1C)CCN(C(=O)OC(C)(C)C)C2. The predicted molar refractivity (Wildman–Crippen MR) is 93.7 cm³/mol. The molecular formula is C19H25N3O2. The maximum absolute atomic E-state index is 12.3. The second-order valence-corrected chi connectivity index (χ2v) is 7.45. The number of ether oxygens (including phenoxy) is 1. The lowest BCUT2D eigenvalue weighted by Crippen LogP contribution is -2.39. The van der Waals surface area contributed by atoms with Crippen molar-refractivity contribution in [1.82, 2.24) is 14.5 Å². The van der Waals surface area contributed by atoms with Gasteiger partial charge in [0.25, 0.3) is 0 Å². The van der Waals surface area contributed by atoms with E-state index >= 15 is 0 Å². The Hall–Kier alpha value is -2.30. The van der Waals surface area contributed by atoms with Crippen molar-refractivity contribution in [1.29, 1.82) is 0 Å². The molecule has 3 rings (SSSR count). The van der Waals surface area contributed by atoms with Crippen molar-refractivity contribution in [2.75, 3.05) is 6.54 Å².